The van der Waals surface area contributed by atoms with E-state index in [1.54, 1.807) is 6.21 Å². The van der Waals surface area contributed by atoms with Crippen molar-refractivity contribution < 1.29 is 20.1 Å². The number of rotatable bonds is 11. The average Bonchev–Trinajstić information content (AvgIpc) is 3.10. The van der Waals surface area contributed by atoms with Gasteiger partial charge in [0.15, 0.2) is 0 Å². The minimum atomic E-state index is -0.228. The van der Waals surface area contributed by atoms with Gasteiger partial charge < -0.3 is 15.5 Å². The Labute approximate surface area is 187 Å². The van der Waals surface area contributed by atoms with Crippen LogP contribution in [0, 0.1) is 5.92 Å². The zero-order valence-corrected chi connectivity index (χ0v) is 20.1. The molecular formula is C25H41N4O2+. The van der Waals surface area contributed by atoms with Gasteiger partial charge in [-0.3, -0.25) is 4.99 Å². The predicted octanol–water partition coefficient (Wildman–Crippen LogP) is 1.66. The number of aromatic nitrogens is 2. The van der Waals surface area contributed by atoms with Crippen molar-refractivity contribution in [3.8, 4) is 5.75 Å². The smallest absolute Gasteiger partial charge is 0.243 e. The number of aliphatic hydroxyl groups excluding tert-OH is 1. The normalized spacial score (nSPS) is 13.4. The third-order valence-corrected chi connectivity index (χ3v) is 5.39. The van der Waals surface area contributed by atoms with Gasteiger partial charge in [0, 0.05) is 18.2 Å². The number of benzene rings is 1. The van der Waals surface area contributed by atoms with E-state index in [9.17, 15) is 10.2 Å². The van der Waals surface area contributed by atoms with Crippen LogP contribution in [-0.4, -0.2) is 35.1 Å². The van der Waals surface area contributed by atoms with Crippen LogP contribution in [0.5, 0.6) is 5.75 Å². The summed E-state index contributed by atoms with van der Waals surface area (Å²) < 4.78 is 4.24. The van der Waals surface area contributed by atoms with Crippen molar-refractivity contribution in [1.29, 1.82) is 0 Å². The first kappa shape index (κ1) is 25.1. The largest absolute Gasteiger partial charge is 0.872 e. The van der Waals surface area contributed by atoms with E-state index < -0.39 is 0 Å². The van der Waals surface area contributed by atoms with Crippen LogP contribution in [0.3, 0.4) is 0 Å². The summed E-state index contributed by atoms with van der Waals surface area (Å²) in [7, 11) is 2.03. The number of aryl methyl sites for hydroxylation is 2. The van der Waals surface area contributed by atoms with Gasteiger partial charge in [-0.25, -0.2) is 9.13 Å². The van der Waals surface area contributed by atoms with Gasteiger partial charge in [-0.2, -0.15) is 0 Å². The van der Waals surface area contributed by atoms with Crippen LogP contribution in [0.2, 0.25) is 0 Å². The first-order valence-electron chi connectivity index (χ1n) is 11.4. The van der Waals surface area contributed by atoms with E-state index in [-0.39, 0.29) is 23.8 Å². The van der Waals surface area contributed by atoms with Crippen molar-refractivity contribution in [3.05, 3.63) is 47.5 Å². The lowest BCUT2D eigenvalue weighted by Crippen LogP contribution is -2.82. The second-order valence-electron chi connectivity index (χ2n) is 10.0. The third kappa shape index (κ3) is 8.11. The van der Waals surface area contributed by atoms with E-state index >= 15 is 0 Å². The highest BCUT2D eigenvalue weighted by molar-refractivity contribution is 5.84. The van der Waals surface area contributed by atoms with Crippen LogP contribution in [0.4, 0.5) is 0 Å². The molecular weight excluding hydrogens is 388 g/mol. The van der Waals surface area contributed by atoms with Gasteiger partial charge in [-0.1, -0.05) is 46.4 Å². The molecule has 0 aliphatic carbocycles. The molecule has 6 nitrogen and oxygen atoms in total. The van der Waals surface area contributed by atoms with Crippen LogP contribution in [-0.2, 0) is 25.6 Å². The Morgan fingerprint density at radius 1 is 1.29 bits per heavy atom. The second-order valence-corrected chi connectivity index (χ2v) is 10.0. The summed E-state index contributed by atoms with van der Waals surface area (Å²) in [4.78, 5) is 4.53. The van der Waals surface area contributed by atoms with Crippen LogP contribution in [0.1, 0.15) is 64.2 Å². The number of nitrogens with zero attached hydrogens (tertiary/aromatic N) is 3. The Kier molecular flexibility index (Phi) is 9.26. The molecule has 1 aromatic heterocycles. The number of imidazole rings is 1. The molecule has 0 radical (unpaired) electrons. The second kappa shape index (κ2) is 11.4. The summed E-state index contributed by atoms with van der Waals surface area (Å²) >= 11 is 0. The zero-order valence-electron chi connectivity index (χ0n) is 20.1. The molecule has 0 fully saturated rings. The fourth-order valence-electron chi connectivity index (χ4n) is 3.72. The third-order valence-electron chi connectivity index (χ3n) is 5.39. The number of aliphatic hydroxyl groups is 1. The molecule has 2 aromatic rings. The summed E-state index contributed by atoms with van der Waals surface area (Å²) in [5.41, 5.74) is 2.36. The molecule has 0 spiro atoms. The van der Waals surface area contributed by atoms with Crippen molar-refractivity contribution in [3.63, 3.8) is 0 Å². The highest BCUT2D eigenvalue weighted by Gasteiger charge is 2.17. The predicted molar refractivity (Wildman–Crippen MR) is 123 cm³/mol. The van der Waals surface area contributed by atoms with Gasteiger partial charge >= 0.3 is 0 Å². The summed E-state index contributed by atoms with van der Waals surface area (Å²) in [5, 5.41) is 25.0. The average molecular weight is 430 g/mol. The van der Waals surface area contributed by atoms with Gasteiger partial charge in [-0.05, 0) is 34.9 Å². The fraction of sp³-hybridized carbons (Fsp3) is 0.600. The number of hydrogen-bond acceptors (Lipinski definition) is 3. The lowest BCUT2D eigenvalue weighted by atomic mass is 9.84. The number of hydrogen-bond donors (Lipinski definition) is 2. The molecule has 31 heavy (non-hydrogen) atoms. The molecule has 0 saturated carbocycles. The summed E-state index contributed by atoms with van der Waals surface area (Å²) in [6, 6.07) is 3.86. The van der Waals surface area contributed by atoms with E-state index in [0.717, 1.165) is 43.6 Å². The van der Waals surface area contributed by atoms with Crippen molar-refractivity contribution in [2.24, 2.45) is 18.0 Å². The van der Waals surface area contributed by atoms with Crippen molar-refractivity contribution >= 4 is 6.21 Å². The Morgan fingerprint density at radius 2 is 2.03 bits per heavy atom. The molecule has 1 heterocycles. The van der Waals surface area contributed by atoms with Crippen LogP contribution in [0.15, 0.2) is 35.8 Å². The van der Waals surface area contributed by atoms with E-state index in [0.29, 0.717) is 11.5 Å². The SMILES string of the molecule is CC(C)C[C@@H](CO)N=Cc1cc(C[NH2+]CCCn2cc[n+](C)c2)cc(C(C)(C)C)c1[O-]. The lowest BCUT2D eigenvalue weighted by Gasteiger charge is -2.28. The van der Waals surface area contributed by atoms with Gasteiger partial charge in [0.05, 0.1) is 32.8 Å². The van der Waals surface area contributed by atoms with Gasteiger partial charge in [-0.15, -0.1) is 0 Å². The first-order chi connectivity index (χ1) is 14.6. The topological polar surface area (TPSA) is 81.1 Å². The monoisotopic (exact) mass is 429 g/mol. The first-order valence-corrected chi connectivity index (χ1v) is 11.4. The highest BCUT2D eigenvalue weighted by Crippen LogP contribution is 2.32. The highest BCUT2D eigenvalue weighted by atomic mass is 16.3. The molecule has 1 aromatic carbocycles. The molecule has 6 heteroatoms. The molecule has 0 unspecified atom stereocenters. The quantitative estimate of drug-likeness (QED) is 0.324. The van der Waals surface area contributed by atoms with E-state index in [2.05, 4.69) is 68.1 Å². The fourth-order valence-corrected chi connectivity index (χ4v) is 3.72. The van der Waals surface area contributed by atoms with Crippen LogP contribution in [0.25, 0.3) is 0 Å². The van der Waals surface area contributed by atoms with Crippen LogP contribution < -0.4 is 15.0 Å². The van der Waals surface area contributed by atoms with E-state index in [4.69, 9.17) is 0 Å². The Hall–Kier alpha value is -2.18. The van der Waals surface area contributed by atoms with Crippen LogP contribution >= 0.6 is 0 Å². The van der Waals surface area contributed by atoms with E-state index in [1.807, 2.05) is 23.9 Å². The minimum absolute atomic E-state index is 0.00188. The summed E-state index contributed by atoms with van der Waals surface area (Å²) in [6.45, 7) is 13.3. The summed E-state index contributed by atoms with van der Waals surface area (Å²) in [5.74, 6) is 0.489. The Bertz CT molecular complexity index is 850. The molecule has 0 aliphatic rings. The Morgan fingerprint density at radius 3 is 2.61 bits per heavy atom. The van der Waals surface area contributed by atoms with Crippen molar-refractivity contribution in [2.75, 3.05) is 13.2 Å². The maximum Gasteiger partial charge on any atom is 0.243 e. The van der Waals surface area contributed by atoms with Crippen molar-refractivity contribution in [2.45, 2.75) is 72.0 Å². The molecule has 0 amide bonds. The molecule has 0 saturated heterocycles. The zero-order chi connectivity index (χ0) is 23.0. The molecule has 2 rings (SSSR count). The lowest BCUT2D eigenvalue weighted by molar-refractivity contribution is -0.672. The molecule has 0 bridgehead atoms. The van der Waals surface area contributed by atoms with Gasteiger partial charge in [0.25, 0.3) is 0 Å². The number of nitrogens with two attached hydrogens (primary N) is 1. The van der Waals surface area contributed by atoms with Gasteiger partial charge in [0.1, 0.15) is 18.9 Å². The Balaban J connectivity index is 2.08. The number of quaternary nitrogens is 1. The standard InChI is InChI=1S/C25H40N4O2/c1-19(2)12-22(17-30)27-16-21-13-20(14-23(24(21)31)25(3,4)5)15-26-8-7-9-29-11-10-28(6)18-29/h10-11,13-14,16,18-19,22,26,30H,7-9,12,15,17H2,1-6H3/p+1/t22-/m0/s1. The van der Waals surface area contributed by atoms with Gasteiger partial charge in [0.2, 0.25) is 6.33 Å². The maximum absolute atomic E-state index is 13.1. The molecule has 1 atom stereocenters. The maximum atomic E-state index is 13.1. The molecule has 0 aliphatic heterocycles. The minimum Gasteiger partial charge on any atom is -0.872 e. The molecule has 172 valence electrons. The number of aliphatic imine (C=N–C) groups is 1. The van der Waals surface area contributed by atoms with E-state index in [1.165, 1.54) is 0 Å². The summed E-state index contributed by atoms with van der Waals surface area (Å²) in [6.07, 6.45) is 9.80. The molecule has 3 N–H and O–H groups in total. The van der Waals surface area contributed by atoms with Crippen molar-refractivity contribution in [1.82, 2.24) is 4.57 Å².